The molecule has 1 aliphatic heterocycles. The van der Waals surface area contributed by atoms with E-state index in [-0.39, 0.29) is 30.6 Å². The Balaban J connectivity index is 0.00000220. The molecule has 0 bridgehead atoms. The topological polar surface area (TPSA) is 35.5 Å². The molecule has 1 saturated heterocycles. The van der Waals surface area contributed by atoms with Crippen LogP contribution in [0, 0.1) is 0 Å². The van der Waals surface area contributed by atoms with Gasteiger partial charge in [-0.25, -0.2) is 0 Å². The molecule has 22 heavy (non-hydrogen) atoms. The van der Waals surface area contributed by atoms with Crippen molar-refractivity contribution in [1.29, 1.82) is 0 Å². The molecule has 1 aromatic rings. The number of nitrogens with zero attached hydrogens (tertiary/aromatic N) is 1. The number of phenolic OH excluding ortho intramolecular Hbond substituents is 1. The third kappa shape index (κ3) is 5.69. The molecule has 0 amide bonds. The summed E-state index contributed by atoms with van der Waals surface area (Å²) in [7, 11) is 0. The molecule has 2 rings (SSSR count). The SMILES string of the molecule is C=C(C)C[C@@H](c1cc(Br)c(O)c(Br)c1)N1CCNCC1.Cl.Cl. The van der Waals surface area contributed by atoms with Gasteiger partial charge in [-0.05, 0) is 62.9 Å². The molecule has 1 aromatic carbocycles. The van der Waals surface area contributed by atoms with Crippen molar-refractivity contribution in [3.63, 3.8) is 0 Å². The quantitative estimate of drug-likeness (QED) is 0.620. The predicted octanol–water partition coefficient (Wildman–Crippen LogP) is 4.67. The smallest absolute Gasteiger partial charge is 0.143 e. The van der Waals surface area contributed by atoms with Crippen LogP contribution in [0.5, 0.6) is 5.75 Å². The molecule has 1 aliphatic rings. The second-order valence-corrected chi connectivity index (χ2v) is 7.00. The van der Waals surface area contributed by atoms with Crippen molar-refractivity contribution >= 4 is 56.7 Å². The van der Waals surface area contributed by atoms with E-state index < -0.39 is 0 Å². The van der Waals surface area contributed by atoms with Gasteiger partial charge in [0.15, 0.2) is 0 Å². The van der Waals surface area contributed by atoms with Crippen molar-refractivity contribution in [3.8, 4) is 5.75 Å². The molecule has 126 valence electrons. The third-order valence-electron chi connectivity index (χ3n) is 3.56. The van der Waals surface area contributed by atoms with E-state index in [0.717, 1.165) is 41.5 Å². The molecule has 1 atom stereocenters. The summed E-state index contributed by atoms with van der Waals surface area (Å²) < 4.78 is 1.45. The zero-order valence-corrected chi connectivity index (χ0v) is 17.2. The van der Waals surface area contributed by atoms with Gasteiger partial charge in [0.2, 0.25) is 0 Å². The second kappa shape index (κ2) is 10.2. The van der Waals surface area contributed by atoms with Crippen molar-refractivity contribution in [3.05, 3.63) is 38.8 Å². The molecule has 0 saturated carbocycles. The number of hydrogen-bond donors (Lipinski definition) is 2. The van der Waals surface area contributed by atoms with Gasteiger partial charge in [0.25, 0.3) is 0 Å². The zero-order valence-electron chi connectivity index (χ0n) is 12.4. The van der Waals surface area contributed by atoms with Crippen molar-refractivity contribution in [2.75, 3.05) is 26.2 Å². The highest BCUT2D eigenvalue weighted by atomic mass is 79.9. The molecule has 2 N–H and O–H groups in total. The third-order valence-corrected chi connectivity index (χ3v) is 4.77. The van der Waals surface area contributed by atoms with Crippen molar-refractivity contribution < 1.29 is 5.11 Å². The van der Waals surface area contributed by atoms with E-state index in [1.54, 1.807) is 0 Å². The lowest BCUT2D eigenvalue weighted by atomic mass is 9.98. The number of aromatic hydroxyl groups is 1. The maximum atomic E-state index is 9.87. The Morgan fingerprint density at radius 2 is 1.77 bits per heavy atom. The summed E-state index contributed by atoms with van der Waals surface area (Å²) in [6.07, 6.45) is 0.934. The van der Waals surface area contributed by atoms with Gasteiger partial charge in [0.1, 0.15) is 5.75 Å². The Kier molecular flexibility index (Phi) is 10.3. The molecule has 0 radical (unpaired) electrons. The van der Waals surface area contributed by atoms with Gasteiger partial charge < -0.3 is 10.4 Å². The van der Waals surface area contributed by atoms with Crippen LogP contribution in [0.1, 0.15) is 24.9 Å². The zero-order chi connectivity index (χ0) is 14.7. The van der Waals surface area contributed by atoms with E-state index in [4.69, 9.17) is 0 Å². The lowest BCUT2D eigenvalue weighted by Gasteiger charge is -2.35. The minimum absolute atomic E-state index is 0. The molecular weight excluding hydrogens is 455 g/mol. The lowest BCUT2D eigenvalue weighted by Crippen LogP contribution is -2.45. The highest BCUT2D eigenvalue weighted by molar-refractivity contribution is 9.11. The molecule has 3 nitrogen and oxygen atoms in total. The monoisotopic (exact) mass is 474 g/mol. The first-order valence-electron chi connectivity index (χ1n) is 6.76. The summed E-state index contributed by atoms with van der Waals surface area (Å²) in [4.78, 5) is 2.48. The highest BCUT2D eigenvalue weighted by Gasteiger charge is 2.23. The van der Waals surface area contributed by atoms with Gasteiger partial charge in [-0.2, -0.15) is 0 Å². The number of piperazine rings is 1. The summed E-state index contributed by atoms with van der Waals surface area (Å²) in [6.45, 7) is 10.2. The first-order valence-corrected chi connectivity index (χ1v) is 8.34. The second-order valence-electron chi connectivity index (χ2n) is 5.30. The van der Waals surface area contributed by atoms with Crippen LogP contribution in [-0.4, -0.2) is 36.2 Å². The Morgan fingerprint density at radius 3 is 2.23 bits per heavy atom. The van der Waals surface area contributed by atoms with Gasteiger partial charge in [0, 0.05) is 32.2 Å². The first-order chi connectivity index (χ1) is 9.49. The number of hydrogen-bond acceptors (Lipinski definition) is 3. The normalized spacial score (nSPS) is 16.3. The van der Waals surface area contributed by atoms with Crippen molar-refractivity contribution in [1.82, 2.24) is 10.2 Å². The summed E-state index contributed by atoms with van der Waals surface area (Å²) in [5, 5.41) is 13.3. The van der Waals surface area contributed by atoms with E-state index >= 15 is 0 Å². The van der Waals surface area contributed by atoms with Crippen LogP contribution in [0.2, 0.25) is 0 Å². The van der Waals surface area contributed by atoms with E-state index in [1.807, 2.05) is 12.1 Å². The maximum Gasteiger partial charge on any atom is 0.143 e. The fraction of sp³-hybridized carbons (Fsp3) is 0.467. The number of nitrogens with one attached hydrogen (secondary N) is 1. The molecular formula is C15H22Br2Cl2N2O. The van der Waals surface area contributed by atoms with E-state index in [1.165, 1.54) is 11.1 Å². The van der Waals surface area contributed by atoms with Crippen LogP contribution in [-0.2, 0) is 0 Å². The van der Waals surface area contributed by atoms with Crippen LogP contribution in [0.4, 0.5) is 0 Å². The maximum absolute atomic E-state index is 9.87. The predicted molar refractivity (Wildman–Crippen MR) is 105 cm³/mol. The fourth-order valence-electron chi connectivity index (χ4n) is 2.56. The van der Waals surface area contributed by atoms with Crippen LogP contribution >= 0.6 is 56.7 Å². The summed E-state index contributed by atoms with van der Waals surface area (Å²) in [6, 6.07) is 4.33. The molecule has 7 heteroatoms. The molecule has 0 spiro atoms. The number of halogens is 4. The van der Waals surface area contributed by atoms with Gasteiger partial charge in [-0.3, -0.25) is 4.90 Å². The number of rotatable bonds is 4. The molecule has 0 unspecified atom stereocenters. The Hall–Kier alpha value is 0.220. The molecule has 1 heterocycles. The van der Waals surface area contributed by atoms with Gasteiger partial charge in [0.05, 0.1) is 8.95 Å². The standard InChI is InChI=1S/C15H20Br2N2O.2ClH/c1-10(2)7-14(19-5-3-18-4-6-19)11-8-12(16)15(20)13(17)9-11;;/h8-9,14,18,20H,1,3-7H2,2H3;2*1H/t14-;;/m0../s1. The van der Waals surface area contributed by atoms with Crippen LogP contribution in [0.3, 0.4) is 0 Å². The van der Waals surface area contributed by atoms with Crippen LogP contribution < -0.4 is 5.32 Å². The van der Waals surface area contributed by atoms with Crippen LogP contribution in [0.15, 0.2) is 33.2 Å². The minimum atomic E-state index is 0. The average Bonchev–Trinajstić information content (AvgIpc) is 2.42. The van der Waals surface area contributed by atoms with Gasteiger partial charge in [-0.1, -0.05) is 5.57 Å². The average molecular weight is 477 g/mol. The molecule has 0 aliphatic carbocycles. The van der Waals surface area contributed by atoms with Gasteiger partial charge >= 0.3 is 0 Å². The summed E-state index contributed by atoms with van der Waals surface area (Å²) in [5.74, 6) is 0.253. The Morgan fingerprint density at radius 1 is 1.27 bits per heavy atom. The van der Waals surface area contributed by atoms with E-state index in [0.29, 0.717) is 6.04 Å². The van der Waals surface area contributed by atoms with Gasteiger partial charge in [-0.15, -0.1) is 31.4 Å². The molecule has 0 aromatic heterocycles. The Bertz CT molecular complexity index is 485. The van der Waals surface area contributed by atoms with E-state index in [2.05, 4.69) is 55.6 Å². The van der Waals surface area contributed by atoms with Crippen LogP contribution in [0.25, 0.3) is 0 Å². The minimum Gasteiger partial charge on any atom is -0.506 e. The first kappa shape index (κ1) is 22.2. The van der Waals surface area contributed by atoms with Crippen molar-refractivity contribution in [2.24, 2.45) is 0 Å². The largest absolute Gasteiger partial charge is 0.506 e. The summed E-state index contributed by atoms with van der Waals surface area (Å²) in [5.41, 5.74) is 2.38. The molecule has 1 fully saturated rings. The summed E-state index contributed by atoms with van der Waals surface area (Å²) >= 11 is 6.84. The van der Waals surface area contributed by atoms with E-state index in [9.17, 15) is 5.11 Å². The Labute approximate surface area is 161 Å². The van der Waals surface area contributed by atoms with Crippen molar-refractivity contribution in [2.45, 2.75) is 19.4 Å². The highest BCUT2D eigenvalue weighted by Crippen LogP contribution is 2.38. The fourth-order valence-corrected chi connectivity index (χ4v) is 3.78. The number of phenols is 1. The number of benzene rings is 1. The lowest BCUT2D eigenvalue weighted by molar-refractivity contribution is 0.172.